The highest BCUT2D eigenvalue weighted by atomic mass is 35.5. The zero-order valence-electron chi connectivity index (χ0n) is 11.5. The number of nitrogens with two attached hydrogens (primary N) is 1. The zero-order chi connectivity index (χ0) is 13.8. The first-order valence-electron chi connectivity index (χ1n) is 7.32. The van der Waals surface area contributed by atoms with Gasteiger partial charge in [0.15, 0.2) is 0 Å². The second-order valence-electron chi connectivity index (χ2n) is 5.77. The van der Waals surface area contributed by atoms with E-state index in [1.807, 2.05) is 18.2 Å². The van der Waals surface area contributed by atoms with Gasteiger partial charge >= 0.3 is 0 Å². The van der Waals surface area contributed by atoms with Gasteiger partial charge in [-0.15, -0.1) is 0 Å². The Labute approximate surface area is 126 Å². The van der Waals surface area contributed by atoms with Crippen LogP contribution < -0.4 is 5.73 Å². The van der Waals surface area contributed by atoms with Crippen LogP contribution in [0.2, 0.25) is 10.0 Å². The van der Waals surface area contributed by atoms with E-state index in [9.17, 15) is 0 Å². The van der Waals surface area contributed by atoms with Crippen molar-refractivity contribution in [3.63, 3.8) is 0 Å². The Hall–Kier alpha value is -0.240. The first kappa shape index (κ1) is 15.2. The molecular formula is C16H23Cl2N. The smallest absolute Gasteiger partial charge is 0.0595 e. The number of rotatable bonds is 4. The minimum atomic E-state index is 0.0948. The summed E-state index contributed by atoms with van der Waals surface area (Å²) in [6, 6.07) is 5.88. The predicted octanol–water partition coefficient (Wildman–Crippen LogP) is 5.60. The van der Waals surface area contributed by atoms with Gasteiger partial charge in [0.25, 0.3) is 0 Å². The molecule has 0 bridgehead atoms. The molecule has 0 amide bonds. The summed E-state index contributed by atoms with van der Waals surface area (Å²) < 4.78 is 0. The first-order valence-corrected chi connectivity index (χ1v) is 8.08. The third-order valence-corrected chi connectivity index (χ3v) is 5.16. The molecule has 0 aromatic heterocycles. The van der Waals surface area contributed by atoms with Gasteiger partial charge in [-0.05, 0) is 42.4 Å². The topological polar surface area (TPSA) is 26.0 Å². The minimum Gasteiger partial charge on any atom is -0.324 e. The van der Waals surface area contributed by atoms with Crippen LogP contribution in [0.5, 0.6) is 0 Å². The molecule has 1 aromatic rings. The molecule has 1 fully saturated rings. The fourth-order valence-electron chi connectivity index (χ4n) is 3.24. The van der Waals surface area contributed by atoms with Crippen molar-refractivity contribution in [2.24, 2.45) is 17.6 Å². The van der Waals surface area contributed by atoms with Crippen LogP contribution >= 0.6 is 23.2 Å². The predicted molar refractivity (Wildman–Crippen MR) is 83.7 cm³/mol. The largest absolute Gasteiger partial charge is 0.324 e. The molecule has 2 N–H and O–H groups in total. The van der Waals surface area contributed by atoms with E-state index in [1.54, 1.807) is 0 Å². The maximum absolute atomic E-state index is 6.41. The van der Waals surface area contributed by atoms with Gasteiger partial charge in [-0.2, -0.15) is 0 Å². The number of hydrogen-bond donors (Lipinski definition) is 1. The molecule has 3 heteroatoms. The molecule has 0 spiro atoms. The van der Waals surface area contributed by atoms with Crippen LogP contribution in [0.3, 0.4) is 0 Å². The lowest BCUT2D eigenvalue weighted by molar-refractivity contribution is 0.234. The summed E-state index contributed by atoms with van der Waals surface area (Å²) >= 11 is 12.0. The van der Waals surface area contributed by atoms with E-state index in [0.717, 1.165) is 11.5 Å². The second kappa shape index (κ2) is 6.97. The molecule has 0 radical (unpaired) electrons. The van der Waals surface area contributed by atoms with Gasteiger partial charge in [-0.1, -0.05) is 61.9 Å². The summed E-state index contributed by atoms with van der Waals surface area (Å²) in [5, 5.41) is 1.21. The van der Waals surface area contributed by atoms with Gasteiger partial charge < -0.3 is 5.73 Å². The van der Waals surface area contributed by atoms with Crippen LogP contribution in [-0.2, 0) is 0 Å². The Morgan fingerprint density at radius 1 is 1.16 bits per heavy atom. The monoisotopic (exact) mass is 299 g/mol. The van der Waals surface area contributed by atoms with Gasteiger partial charge in [0, 0.05) is 6.04 Å². The highest BCUT2D eigenvalue weighted by molar-refractivity contribution is 6.42. The Morgan fingerprint density at radius 3 is 2.42 bits per heavy atom. The Bertz CT molecular complexity index is 411. The fourth-order valence-corrected chi connectivity index (χ4v) is 3.54. The van der Waals surface area contributed by atoms with E-state index < -0.39 is 0 Å². The van der Waals surface area contributed by atoms with Crippen molar-refractivity contribution in [2.75, 3.05) is 0 Å². The van der Waals surface area contributed by atoms with Gasteiger partial charge in [0.2, 0.25) is 0 Å². The van der Waals surface area contributed by atoms with Crippen molar-refractivity contribution in [1.82, 2.24) is 0 Å². The van der Waals surface area contributed by atoms with E-state index in [4.69, 9.17) is 28.9 Å². The van der Waals surface area contributed by atoms with Crippen molar-refractivity contribution in [3.8, 4) is 0 Å². The van der Waals surface area contributed by atoms with Crippen molar-refractivity contribution in [3.05, 3.63) is 33.8 Å². The Kier molecular flexibility index (Phi) is 5.56. The average molecular weight is 300 g/mol. The average Bonchev–Trinajstić information content (AvgIpc) is 2.42. The first-order chi connectivity index (χ1) is 9.11. The standard InChI is InChI=1S/C16H23Cl2N/c1-2-3-11-4-6-12(7-5-11)16(19)13-8-9-14(17)15(18)10-13/h8-12,16H,2-7,19H2,1H3. The molecule has 0 aliphatic heterocycles. The second-order valence-corrected chi connectivity index (χ2v) is 6.58. The lowest BCUT2D eigenvalue weighted by Gasteiger charge is -2.32. The van der Waals surface area contributed by atoms with Crippen molar-refractivity contribution in [1.29, 1.82) is 0 Å². The summed E-state index contributed by atoms with van der Waals surface area (Å²) in [5.74, 6) is 1.51. The number of halogens is 2. The molecule has 19 heavy (non-hydrogen) atoms. The summed E-state index contributed by atoms with van der Waals surface area (Å²) in [5.41, 5.74) is 7.53. The number of hydrogen-bond acceptors (Lipinski definition) is 1. The SMILES string of the molecule is CCCC1CCC(C(N)c2ccc(Cl)c(Cl)c2)CC1. The Balaban J connectivity index is 1.97. The lowest BCUT2D eigenvalue weighted by atomic mass is 9.76. The van der Waals surface area contributed by atoms with Gasteiger partial charge in [0.05, 0.1) is 10.0 Å². The van der Waals surface area contributed by atoms with Crippen LogP contribution in [0, 0.1) is 11.8 Å². The van der Waals surface area contributed by atoms with Gasteiger partial charge in [-0.3, -0.25) is 0 Å². The molecule has 0 saturated heterocycles. The van der Waals surface area contributed by atoms with Crippen molar-refractivity contribution < 1.29 is 0 Å². The van der Waals surface area contributed by atoms with Crippen LogP contribution in [0.4, 0.5) is 0 Å². The van der Waals surface area contributed by atoms with Crippen LogP contribution in [0.1, 0.15) is 57.1 Å². The molecule has 1 aliphatic rings. The lowest BCUT2D eigenvalue weighted by Crippen LogP contribution is -2.26. The van der Waals surface area contributed by atoms with Gasteiger partial charge in [0.1, 0.15) is 0 Å². The van der Waals surface area contributed by atoms with Crippen LogP contribution in [-0.4, -0.2) is 0 Å². The van der Waals surface area contributed by atoms with E-state index >= 15 is 0 Å². The molecule has 0 heterocycles. The Morgan fingerprint density at radius 2 is 1.84 bits per heavy atom. The molecule has 2 rings (SSSR count). The third kappa shape index (κ3) is 3.87. The summed E-state index contributed by atoms with van der Waals surface area (Å²) in [7, 11) is 0. The fraction of sp³-hybridized carbons (Fsp3) is 0.625. The molecular weight excluding hydrogens is 277 g/mol. The molecule has 1 unspecified atom stereocenters. The highest BCUT2D eigenvalue weighted by Crippen LogP contribution is 2.38. The van der Waals surface area contributed by atoms with E-state index in [-0.39, 0.29) is 6.04 Å². The molecule has 1 atom stereocenters. The highest BCUT2D eigenvalue weighted by Gasteiger charge is 2.26. The van der Waals surface area contributed by atoms with E-state index in [2.05, 4.69) is 6.92 Å². The van der Waals surface area contributed by atoms with Crippen LogP contribution in [0.25, 0.3) is 0 Å². The van der Waals surface area contributed by atoms with Gasteiger partial charge in [-0.25, -0.2) is 0 Å². The summed E-state index contributed by atoms with van der Waals surface area (Å²) in [6.45, 7) is 2.27. The van der Waals surface area contributed by atoms with Crippen LogP contribution in [0.15, 0.2) is 18.2 Å². The van der Waals surface area contributed by atoms with Crippen molar-refractivity contribution in [2.45, 2.75) is 51.5 Å². The third-order valence-electron chi connectivity index (χ3n) is 4.42. The minimum absolute atomic E-state index is 0.0948. The van der Waals surface area contributed by atoms with Crippen molar-refractivity contribution >= 4 is 23.2 Å². The zero-order valence-corrected chi connectivity index (χ0v) is 13.1. The maximum Gasteiger partial charge on any atom is 0.0595 e. The molecule has 1 aromatic carbocycles. The molecule has 1 nitrogen and oxygen atoms in total. The quantitative estimate of drug-likeness (QED) is 0.769. The maximum atomic E-state index is 6.41. The molecule has 106 valence electrons. The number of benzene rings is 1. The summed E-state index contributed by atoms with van der Waals surface area (Å²) in [6.07, 6.45) is 7.81. The van der Waals surface area contributed by atoms with E-state index in [0.29, 0.717) is 16.0 Å². The normalized spacial score (nSPS) is 25.3. The molecule has 1 aliphatic carbocycles. The summed E-state index contributed by atoms with van der Waals surface area (Å²) in [4.78, 5) is 0. The molecule has 1 saturated carbocycles. The van der Waals surface area contributed by atoms with E-state index in [1.165, 1.54) is 38.5 Å².